The molecule has 3 rings (SSSR count). The van der Waals surface area contributed by atoms with E-state index in [1.165, 1.54) is 4.57 Å². The first kappa shape index (κ1) is 16.0. The van der Waals surface area contributed by atoms with Gasteiger partial charge in [-0.3, -0.25) is 14.4 Å². The van der Waals surface area contributed by atoms with E-state index in [4.69, 9.17) is 4.74 Å². The monoisotopic (exact) mass is 326 g/mol. The van der Waals surface area contributed by atoms with Gasteiger partial charge in [-0.1, -0.05) is 6.07 Å². The van der Waals surface area contributed by atoms with Gasteiger partial charge in [0.1, 0.15) is 5.75 Å². The Labute approximate surface area is 139 Å². The summed E-state index contributed by atoms with van der Waals surface area (Å²) in [6.45, 7) is 5.05. The number of rotatable bonds is 3. The van der Waals surface area contributed by atoms with Gasteiger partial charge in [-0.05, 0) is 45.0 Å². The van der Waals surface area contributed by atoms with E-state index in [-0.39, 0.29) is 17.2 Å². The highest BCUT2D eigenvalue weighted by Crippen LogP contribution is 2.31. The molecule has 0 saturated heterocycles. The molecule has 0 bridgehead atoms. The van der Waals surface area contributed by atoms with Gasteiger partial charge in [-0.15, -0.1) is 0 Å². The van der Waals surface area contributed by atoms with E-state index in [0.29, 0.717) is 22.6 Å². The lowest BCUT2D eigenvalue weighted by Gasteiger charge is -2.24. The number of hydrogen-bond acceptors (Lipinski definition) is 4. The number of pyridine rings is 1. The lowest BCUT2D eigenvalue weighted by molar-refractivity contribution is -0.122. The summed E-state index contributed by atoms with van der Waals surface area (Å²) in [6.07, 6.45) is 1.03. The van der Waals surface area contributed by atoms with E-state index < -0.39 is 12.1 Å². The summed E-state index contributed by atoms with van der Waals surface area (Å²) in [7, 11) is 0. The van der Waals surface area contributed by atoms with Crippen LogP contribution in [-0.4, -0.2) is 22.4 Å². The number of nitrogens with zero attached hydrogens (tertiary/aromatic N) is 1. The molecule has 24 heavy (non-hydrogen) atoms. The van der Waals surface area contributed by atoms with Crippen LogP contribution in [0.25, 0.3) is 0 Å². The van der Waals surface area contributed by atoms with Crippen LogP contribution in [0.1, 0.15) is 35.8 Å². The molecule has 2 heterocycles. The lowest BCUT2D eigenvalue weighted by Crippen LogP contribution is -2.34. The summed E-state index contributed by atoms with van der Waals surface area (Å²) in [5.74, 6) is 0.0625. The van der Waals surface area contributed by atoms with Crippen LogP contribution in [0.5, 0.6) is 5.75 Å². The molecule has 0 spiro atoms. The molecule has 6 heteroatoms. The van der Waals surface area contributed by atoms with Crippen molar-refractivity contribution in [1.29, 1.82) is 0 Å². The third kappa shape index (κ3) is 2.71. The summed E-state index contributed by atoms with van der Waals surface area (Å²) in [4.78, 5) is 36.6. The fourth-order valence-electron chi connectivity index (χ4n) is 2.66. The van der Waals surface area contributed by atoms with Crippen LogP contribution < -0.4 is 15.6 Å². The summed E-state index contributed by atoms with van der Waals surface area (Å²) in [6, 6.07) is 7.69. The summed E-state index contributed by atoms with van der Waals surface area (Å²) in [5.41, 5.74) is 1.26. The second kappa shape index (κ2) is 5.96. The molecule has 2 aromatic rings. The summed E-state index contributed by atoms with van der Waals surface area (Å²) < 4.78 is 6.89. The topological polar surface area (TPSA) is 77.4 Å². The number of carbonyl (C=O) groups is 2. The normalized spacial score (nSPS) is 17.5. The number of aromatic nitrogens is 1. The minimum Gasteiger partial charge on any atom is -0.479 e. The van der Waals surface area contributed by atoms with Crippen LogP contribution in [0.3, 0.4) is 0 Å². The van der Waals surface area contributed by atoms with Crippen LogP contribution in [0.4, 0.5) is 5.69 Å². The van der Waals surface area contributed by atoms with E-state index in [1.54, 1.807) is 57.3 Å². The summed E-state index contributed by atoms with van der Waals surface area (Å²) >= 11 is 0. The predicted molar refractivity (Wildman–Crippen MR) is 89.6 cm³/mol. The molecule has 1 aromatic carbocycles. The van der Waals surface area contributed by atoms with Gasteiger partial charge in [-0.2, -0.15) is 0 Å². The molecule has 0 fully saturated rings. The zero-order chi connectivity index (χ0) is 17.4. The Bertz CT molecular complexity index is 885. The lowest BCUT2D eigenvalue weighted by atomic mass is 10.0. The number of fused-ring (bicyclic) bond motifs is 1. The van der Waals surface area contributed by atoms with Gasteiger partial charge in [0.05, 0.1) is 11.7 Å². The standard InChI is InChI=1S/C18H18N2O4/c1-10-5-4-8-20(18(10)23)11(2)16(21)13-6-7-15-14(9-13)19-17(22)12(3)24-15/h4-9,11-12H,1-3H3,(H,19,22). The number of amides is 1. The van der Waals surface area contributed by atoms with Gasteiger partial charge in [0.2, 0.25) is 0 Å². The first-order chi connectivity index (χ1) is 11.4. The van der Waals surface area contributed by atoms with Gasteiger partial charge >= 0.3 is 0 Å². The second-order valence-corrected chi connectivity index (χ2v) is 5.90. The molecule has 2 unspecified atom stereocenters. The van der Waals surface area contributed by atoms with Crippen molar-refractivity contribution in [3.05, 3.63) is 58.0 Å². The quantitative estimate of drug-likeness (QED) is 0.878. The number of aryl methyl sites for hydroxylation is 1. The maximum absolute atomic E-state index is 12.7. The summed E-state index contributed by atoms with van der Waals surface area (Å²) in [5, 5.41) is 2.72. The van der Waals surface area contributed by atoms with E-state index in [1.807, 2.05) is 0 Å². The van der Waals surface area contributed by atoms with E-state index in [9.17, 15) is 14.4 Å². The van der Waals surface area contributed by atoms with Crippen LogP contribution in [-0.2, 0) is 4.79 Å². The number of Topliss-reactive ketones (excluding diaryl/α,β-unsaturated/α-hetero) is 1. The van der Waals surface area contributed by atoms with Crippen LogP contribution in [0, 0.1) is 6.92 Å². The molecule has 1 aliphatic heterocycles. The average molecular weight is 326 g/mol. The van der Waals surface area contributed by atoms with E-state index >= 15 is 0 Å². The predicted octanol–water partition coefficient (Wildman–Crippen LogP) is 2.32. The minimum absolute atomic E-state index is 0.193. The molecule has 6 nitrogen and oxygen atoms in total. The van der Waals surface area contributed by atoms with Crippen LogP contribution >= 0.6 is 0 Å². The first-order valence-electron chi connectivity index (χ1n) is 7.72. The van der Waals surface area contributed by atoms with Crippen LogP contribution in [0.2, 0.25) is 0 Å². The second-order valence-electron chi connectivity index (χ2n) is 5.90. The molecule has 1 N–H and O–H groups in total. The Morgan fingerprint density at radius 2 is 2.04 bits per heavy atom. The van der Waals surface area contributed by atoms with Gasteiger partial charge in [0.25, 0.3) is 11.5 Å². The number of carbonyl (C=O) groups excluding carboxylic acids is 2. The van der Waals surface area contributed by atoms with Crippen molar-refractivity contribution < 1.29 is 14.3 Å². The SMILES string of the molecule is Cc1cccn(C(C)C(=O)c2ccc3c(c2)NC(=O)C(C)O3)c1=O. The van der Waals surface area contributed by atoms with Crippen molar-refractivity contribution in [3.63, 3.8) is 0 Å². The Balaban J connectivity index is 1.93. The van der Waals surface area contributed by atoms with Crippen molar-refractivity contribution in [2.75, 3.05) is 5.32 Å². The Kier molecular flexibility index (Phi) is 3.97. The molecule has 1 aromatic heterocycles. The van der Waals surface area contributed by atoms with E-state index in [2.05, 4.69) is 5.32 Å². The highest BCUT2D eigenvalue weighted by atomic mass is 16.5. The number of ether oxygens (including phenoxy) is 1. The number of ketones is 1. The van der Waals surface area contributed by atoms with Gasteiger partial charge < -0.3 is 14.6 Å². The van der Waals surface area contributed by atoms with Gasteiger partial charge in [0.15, 0.2) is 11.9 Å². The Hall–Kier alpha value is -2.89. The molecular weight excluding hydrogens is 308 g/mol. The maximum atomic E-state index is 12.7. The molecule has 1 aliphatic rings. The molecule has 0 saturated carbocycles. The molecule has 1 amide bonds. The highest BCUT2D eigenvalue weighted by molar-refractivity contribution is 6.02. The Morgan fingerprint density at radius 3 is 2.79 bits per heavy atom. The first-order valence-corrected chi connectivity index (χ1v) is 7.72. The number of nitrogens with one attached hydrogen (secondary N) is 1. The zero-order valence-corrected chi connectivity index (χ0v) is 13.7. The smallest absolute Gasteiger partial charge is 0.265 e. The van der Waals surface area contributed by atoms with Crippen molar-refractivity contribution >= 4 is 17.4 Å². The maximum Gasteiger partial charge on any atom is 0.265 e. The fraction of sp³-hybridized carbons (Fsp3) is 0.278. The van der Waals surface area contributed by atoms with Crippen molar-refractivity contribution in [3.8, 4) is 5.75 Å². The third-order valence-electron chi connectivity index (χ3n) is 4.16. The average Bonchev–Trinajstić information content (AvgIpc) is 2.57. The number of benzene rings is 1. The largest absolute Gasteiger partial charge is 0.479 e. The minimum atomic E-state index is -0.644. The zero-order valence-electron chi connectivity index (χ0n) is 13.7. The molecule has 2 atom stereocenters. The number of anilines is 1. The fourth-order valence-corrected chi connectivity index (χ4v) is 2.66. The number of hydrogen-bond donors (Lipinski definition) is 1. The molecule has 0 aliphatic carbocycles. The molecular formula is C18H18N2O4. The van der Waals surface area contributed by atoms with Crippen molar-refractivity contribution in [2.24, 2.45) is 0 Å². The van der Waals surface area contributed by atoms with Crippen molar-refractivity contribution in [2.45, 2.75) is 32.9 Å². The van der Waals surface area contributed by atoms with Crippen molar-refractivity contribution in [1.82, 2.24) is 4.57 Å². The van der Waals surface area contributed by atoms with Crippen LogP contribution in [0.15, 0.2) is 41.3 Å². The Morgan fingerprint density at radius 1 is 1.29 bits per heavy atom. The van der Waals surface area contributed by atoms with E-state index in [0.717, 1.165) is 0 Å². The van der Waals surface area contributed by atoms with Gasteiger partial charge in [0, 0.05) is 17.3 Å². The highest BCUT2D eigenvalue weighted by Gasteiger charge is 2.25. The molecule has 124 valence electrons. The van der Waals surface area contributed by atoms with Gasteiger partial charge in [-0.25, -0.2) is 0 Å². The molecule has 0 radical (unpaired) electrons. The third-order valence-corrected chi connectivity index (χ3v) is 4.16.